The zero-order valence-corrected chi connectivity index (χ0v) is 17.8. The van der Waals surface area contributed by atoms with Crippen LogP contribution < -0.4 is 0 Å². The fraction of sp³-hybridized carbons (Fsp3) is 0.783. The van der Waals surface area contributed by atoms with Gasteiger partial charge in [-0.1, -0.05) is 44.1 Å². The van der Waals surface area contributed by atoms with E-state index < -0.39 is 18.2 Å². The molecule has 1 saturated heterocycles. The van der Waals surface area contributed by atoms with Crippen LogP contribution in [-0.2, 0) is 9.53 Å². The predicted octanol–water partition coefficient (Wildman–Crippen LogP) is 4.09. The molecule has 0 amide bonds. The van der Waals surface area contributed by atoms with Crippen LogP contribution in [0, 0.1) is 17.3 Å². The number of hydrogen-bond donors (Lipinski definition) is 3. The minimum absolute atomic E-state index is 0.0166. The van der Waals surface area contributed by atoms with Crippen LogP contribution in [0.2, 0.25) is 0 Å². The maximum atomic E-state index is 10.6. The van der Waals surface area contributed by atoms with Gasteiger partial charge in [-0.2, -0.15) is 0 Å². The van der Waals surface area contributed by atoms with Crippen molar-refractivity contribution in [3.05, 3.63) is 23.8 Å². The number of rotatable bonds is 10. The summed E-state index contributed by atoms with van der Waals surface area (Å²) in [4.78, 5) is 10.6. The van der Waals surface area contributed by atoms with E-state index in [2.05, 4.69) is 33.8 Å². The third-order valence-electron chi connectivity index (χ3n) is 6.31. The number of carboxylic acids is 1. The molecule has 28 heavy (non-hydrogen) atoms. The largest absolute Gasteiger partial charge is 0.481 e. The molecule has 2 fully saturated rings. The first-order valence-electron chi connectivity index (χ1n) is 10.6. The first kappa shape index (κ1) is 23.1. The maximum absolute atomic E-state index is 10.6. The van der Waals surface area contributed by atoms with Gasteiger partial charge in [0.1, 0.15) is 0 Å². The Bertz CT molecular complexity index is 576. The number of carbonyl (C=O) groups is 1. The van der Waals surface area contributed by atoms with Gasteiger partial charge in [-0.15, -0.1) is 0 Å². The highest BCUT2D eigenvalue weighted by Crippen LogP contribution is 2.45. The van der Waals surface area contributed by atoms with Crippen molar-refractivity contribution in [3.8, 4) is 0 Å². The first-order valence-corrected chi connectivity index (χ1v) is 10.6. The fourth-order valence-electron chi connectivity index (χ4n) is 4.36. The topological polar surface area (TPSA) is 87.0 Å². The molecule has 1 aliphatic carbocycles. The van der Waals surface area contributed by atoms with Crippen LogP contribution in [0.25, 0.3) is 0 Å². The fourth-order valence-corrected chi connectivity index (χ4v) is 4.36. The second-order valence-corrected chi connectivity index (χ2v) is 9.52. The standard InChI is InChI=1S/C23H38O5/c1-15(2)11-12-23(3,4)21(25)10-9-17-18-13-16(7-5-6-8-22(26)27)28-20(18)14-19(17)24/h9-11,16-21,24-25H,5-8,12-14H2,1-4H3,(H,26,27)/b10-9+/t16?,17-,18-,19?,20+,21-/m1/s1. The molecule has 5 nitrogen and oxygen atoms in total. The Kier molecular flexibility index (Phi) is 8.29. The first-order chi connectivity index (χ1) is 13.1. The molecule has 160 valence electrons. The second kappa shape index (κ2) is 10.0. The number of aliphatic carboxylic acids is 1. The molecule has 3 N–H and O–H groups in total. The summed E-state index contributed by atoms with van der Waals surface area (Å²) in [5.41, 5.74) is 0.992. The third-order valence-corrected chi connectivity index (χ3v) is 6.31. The molecule has 1 heterocycles. The van der Waals surface area contributed by atoms with E-state index in [1.807, 2.05) is 12.2 Å². The van der Waals surface area contributed by atoms with Gasteiger partial charge in [0, 0.05) is 18.8 Å². The van der Waals surface area contributed by atoms with Gasteiger partial charge < -0.3 is 20.1 Å². The lowest BCUT2D eigenvalue weighted by molar-refractivity contribution is -0.137. The van der Waals surface area contributed by atoms with Crippen molar-refractivity contribution in [1.82, 2.24) is 0 Å². The summed E-state index contributed by atoms with van der Waals surface area (Å²) in [5, 5.41) is 29.8. The molecule has 0 aromatic heterocycles. The lowest BCUT2D eigenvalue weighted by atomic mass is 9.81. The Labute approximate surface area is 169 Å². The van der Waals surface area contributed by atoms with E-state index in [9.17, 15) is 15.0 Å². The number of allylic oxidation sites excluding steroid dienone is 2. The summed E-state index contributed by atoms with van der Waals surface area (Å²) < 4.78 is 6.12. The average molecular weight is 395 g/mol. The highest BCUT2D eigenvalue weighted by atomic mass is 16.5. The lowest BCUT2D eigenvalue weighted by Gasteiger charge is -2.28. The van der Waals surface area contributed by atoms with Crippen LogP contribution in [0.5, 0.6) is 0 Å². The molecular formula is C23H38O5. The molecule has 6 atom stereocenters. The van der Waals surface area contributed by atoms with Crippen molar-refractivity contribution >= 4 is 5.97 Å². The molecular weight excluding hydrogens is 356 g/mol. The Morgan fingerprint density at radius 1 is 1.25 bits per heavy atom. The molecule has 0 aromatic rings. The third kappa shape index (κ3) is 6.43. The van der Waals surface area contributed by atoms with Crippen LogP contribution in [0.15, 0.2) is 23.8 Å². The van der Waals surface area contributed by atoms with Crippen LogP contribution in [-0.4, -0.2) is 45.7 Å². The van der Waals surface area contributed by atoms with Crippen molar-refractivity contribution in [3.63, 3.8) is 0 Å². The van der Waals surface area contributed by atoms with Crippen LogP contribution >= 0.6 is 0 Å². The Morgan fingerprint density at radius 2 is 1.96 bits per heavy atom. The Balaban J connectivity index is 1.88. The van der Waals surface area contributed by atoms with E-state index >= 15 is 0 Å². The van der Waals surface area contributed by atoms with E-state index in [0.717, 1.165) is 25.7 Å². The summed E-state index contributed by atoms with van der Waals surface area (Å²) >= 11 is 0. The number of aliphatic hydroxyl groups is 2. The molecule has 1 saturated carbocycles. The molecule has 2 unspecified atom stereocenters. The number of aliphatic hydroxyl groups excluding tert-OH is 2. The zero-order chi connectivity index (χ0) is 20.9. The molecule has 5 heteroatoms. The van der Waals surface area contributed by atoms with Gasteiger partial charge in [0.05, 0.1) is 24.4 Å². The van der Waals surface area contributed by atoms with Crippen LogP contribution in [0.1, 0.15) is 72.6 Å². The molecule has 2 aliphatic rings. The number of fused-ring (bicyclic) bond motifs is 1. The lowest BCUT2D eigenvalue weighted by Crippen LogP contribution is -2.28. The zero-order valence-electron chi connectivity index (χ0n) is 17.8. The van der Waals surface area contributed by atoms with Gasteiger partial charge in [-0.05, 0) is 50.9 Å². The molecule has 2 rings (SSSR count). The minimum atomic E-state index is -0.747. The number of hydrogen-bond acceptors (Lipinski definition) is 4. The SMILES string of the molecule is CC(C)=CCC(C)(C)[C@H](O)/C=C/[C@H]1C(O)C[C@@H]2OC(CCCCC(=O)O)C[C@@H]21. The van der Waals surface area contributed by atoms with Crippen molar-refractivity contribution in [2.45, 2.75) is 97.1 Å². The van der Waals surface area contributed by atoms with Crippen molar-refractivity contribution in [1.29, 1.82) is 0 Å². The molecule has 0 bridgehead atoms. The quantitative estimate of drug-likeness (QED) is 0.384. The summed E-state index contributed by atoms with van der Waals surface area (Å²) in [6.07, 6.45) is 10.2. The summed E-state index contributed by atoms with van der Waals surface area (Å²) in [6.45, 7) is 8.24. The van der Waals surface area contributed by atoms with Crippen LogP contribution in [0.4, 0.5) is 0 Å². The van der Waals surface area contributed by atoms with Gasteiger partial charge in [-0.25, -0.2) is 0 Å². The highest BCUT2D eigenvalue weighted by molar-refractivity contribution is 5.66. The van der Waals surface area contributed by atoms with Crippen molar-refractivity contribution in [2.24, 2.45) is 17.3 Å². The number of unbranched alkanes of at least 4 members (excludes halogenated alkanes) is 1. The normalized spacial score (nSPS) is 31.1. The van der Waals surface area contributed by atoms with E-state index in [-0.39, 0.29) is 35.9 Å². The average Bonchev–Trinajstić information content (AvgIpc) is 3.11. The van der Waals surface area contributed by atoms with Crippen molar-refractivity contribution in [2.75, 3.05) is 0 Å². The Morgan fingerprint density at radius 3 is 2.61 bits per heavy atom. The van der Waals surface area contributed by atoms with Crippen LogP contribution in [0.3, 0.4) is 0 Å². The van der Waals surface area contributed by atoms with Gasteiger partial charge >= 0.3 is 5.97 Å². The number of carboxylic acid groups (broad SMARTS) is 1. The predicted molar refractivity (Wildman–Crippen MR) is 110 cm³/mol. The summed E-state index contributed by atoms with van der Waals surface area (Å²) in [5.74, 6) is -0.449. The summed E-state index contributed by atoms with van der Waals surface area (Å²) in [6, 6.07) is 0. The molecule has 0 aromatic carbocycles. The van der Waals surface area contributed by atoms with Gasteiger partial charge in [-0.3, -0.25) is 4.79 Å². The van der Waals surface area contributed by atoms with Crippen molar-refractivity contribution < 1.29 is 24.9 Å². The van der Waals surface area contributed by atoms with E-state index in [0.29, 0.717) is 12.8 Å². The number of ether oxygens (including phenoxy) is 1. The summed E-state index contributed by atoms with van der Waals surface area (Å²) in [7, 11) is 0. The molecule has 0 radical (unpaired) electrons. The Hall–Kier alpha value is -1.17. The maximum Gasteiger partial charge on any atom is 0.303 e. The van der Waals surface area contributed by atoms with E-state index in [4.69, 9.17) is 9.84 Å². The van der Waals surface area contributed by atoms with E-state index in [1.54, 1.807) is 0 Å². The van der Waals surface area contributed by atoms with Gasteiger partial charge in [0.15, 0.2) is 0 Å². The van der Waals surface area contributed by atoms with E-state index in [1.165, 1.54) is 5.57 Å². The molecule has 1 aliphatic heterocycles. The monoisotopic (exact) mass is 394 g/mol. The minimum Gasteiger partial charge on any atom is -0.481 e. The smallest absolute Gasteiger partial charge is 0.303 e. The van der Waals surface area contributed by atoms with Gasteiger partial charge in [0.2, 0.25) is 0 Å². The second-order valence-electron chi connectivity index (χ2n) is 9.52. The van der Waals surface area contributed by atoms with Gasteiger partial charge in [0.25, 0.3) is 0 Å². The molecule has 0 spiro atoms. The highest BCUT2D eigenvalue weighted by Gasteiger charge is 2.47.